The van der Waals surface area contributed by atoms with Gasteiger partial charge in [-0.25, -0.2) is 4.98 Å². The molecule has 1 atom stereocenters. The van der Waals surface area contributed by atoms with Gasteiger partial charge in [0.1, 0.15) is 5.75 Å². The molecule has 1 amide bonds. The number of carbonyl (C=O) groups is 1. The second-order valence-electron chi connectivity index (χ2n) is 6.98. The highest BCUT2D eigenvalue weighted by molar-refractivity contribution is 7.14. The molecule has 0 saturated carbocycles. The molecule has 4 aromatic rings. The average molecular weight is 446 g/mol. The standard InChI is InChI=1S/C24H19N3O4S/c1-16(31-21-13-9-18(10-14-21)17-5-3-2-4-6-17)23(28)26-24-25-22(15-32-24)19-7-11-20(12-8-19)27(29)30/h2-16H,1H3,(H,25,26,28)/t16-/m1/s1. The lowest BCUT2D eigenvalue weighted by Gasteiger charge is -2.14. The van der Waals surface area contributed by atoms with E-state index in [0.717, 1.165) is 16.7 Å². The Labute approximate surface area is 188 Å². The first-order valence-corrected chi connectivity index (χ1v) is 10.7. The third kappa shape index (κ3) is 4.98. The number of anilines is 1. The molecule has 0 bridgehead atoms. The molecule has 1 N–H and O–H groups in total. The lowest BCUT2D eigenvalue weighted by Crippen LogP contribution is -2.30. The summed E-state index contributed by atoms with van der Waals surface area (Å²) >= 11 is 1.27. The number of hydrogen-bond donors (Lipinski definition) is 1. The van der Waals surface area contributed by atoms with Gasteiger partial charge in [-0.1, -0.05) is 42.5 Å². The fourth-order valence-electron chi connectivity index (χ4n) is 3.04. The van der Waals surface area contributed by atoms with E-state index in [-0.39, 0.29) is 11.6 Å². The third-order valence-electron chi connectivity index (χ3n) is 4.75. The molecule has 3 aromatic carbocycles. The molecule has 4 rings (SSSR count). The van der Waals surface area contributed by atoms with Crippen LogP contribution in [-0.2, 0) is 4.79 Å². The second-order valence-corrected chi connectivity index (χ2v) is 7.84. The van der Waals surface area contributed by atoms with Crippen LogP contribution < -0.4 is 10.1 Å². The SMILES string of the molecule is C[C@@H](Oc1ccc(-c2ccccc2)cc1)C(=O)Nc1nc(-c2ccc([N+](=O)[O-])cc2)cs1. The number of nitrogens with zero attached hydrogens (tertiary/aromatic N) is 2. The van der Waals surface area contributed by atoms with E-state index >= 15 is 0 Å². The second kappa shape index (κ2) is 9.40. The van der Waals surface area contributed by atoms with Crippen LogP contribution in [0, 0.1) is 10.1 Å². The molecule has 0 aliphatic rings. The summed E-state index contributed by atoms with van der Waals surface area (Å²) in [6.45, 7) is 1.67. The molecule has 0 fully saturated rings. The predicted octanol–water partition coefficient (Wildman–Crippen LogP) is 5.79. The Morgan fingerprint density at radius 2 is 1.59 bits per heavy atom. The van der Waals surface area contributed by atoms with E-state index in [2.05, 4.69) is 10.3 Å². The first-order chi connectivity index (χ1) is 15.5. The molecule has 0 saturated heterocycles. The molecule has 8 heteroatoms. The van der Waals surface area contributed by atoms with E-state index in [1.54, 1.807) is 24.4 Å². The van der Waals surface area contributed by atoms with E-state index in [1.807, 2.05) is 54.6 Å². The number of hydrogen-bond acceptors (Lipinski definition) is 6. The molecule has 0 aliphatic carbocycles. The number of nitro groups is 1. The molecule has 0 aliphatic heterocycles. The first kappa shape index (κ1) is 21.2. The van der Waals surface area contributed by atoms with Crippen molar-refractivity contribution in [1.82, 2.24) is 4.98 Å². The van der Waals surface area contributed by atoms with Crippen molar-refractivity contribution in [3.8, 4) is 28.1 Å². The molecule has 1 aromatic heterocycles. The number of nitro benzene ring substituents is 1. The van der Waals surface area contributed by atoms with Crippen LogP contribution in [0.25, 0.3) is 22.4 Å². The quantitative estimate of drug-likeness (QED) is 0.287. The van der Waals surface area contributed by atoms with Gasteiger partial charge in [0, 0.05) is 23.1 Å². The van der Waals surface area contributed by atoms with Crippen LogP contribution in [0.5, 0.6) is 5.75 Å². The van der Waals surface area contributed by atoms with E-state index in [9.17, 15) is 14.9 Å². The Morgan fingerprint density at radius 1 is 0.969 bits per heavy atom. The molecular weight excluding hydrogens is 426 g/mol. The smallest absolute Gasteiger partial charge is 0.269 e. The summed E-state index contributed by atoms with van der Waals surface area (Å²) in [6.07, 6.45) is -0.718. The van der Waals surface area contributed by atoms with E-state index in [0.29, 0.717) is 16.6 Å². The normalized spacial score (nSPS) is 11.5. The van der Waals surface area contributed by atoms with Crippen molar-refractivity contribution in [2.75, 3.05) is 5.32 Å². The van der Waals surface area contributed by atoms with Gasteiger partial charge in [-0.05, 0) is 42.3 Å². The van der Waals surface area contributed by atoms with Gasteiger partial charge in [0.2, 0.25) is 0 Å². The van der Waals surface area contributed by atoms with E-state index in [4.69, 9.17) is 4.74 Å². The highest BCUT2D eigenvalue weighted by atomic mass is 32.1. The molecule has 160 valence electrons. The van der Waals surface area contributed by atoms with Gasteiger partial charge < -0.3 is 4.74 Å². The average Bonchev–Trinajstić information content (AvgIpc) is 3.28. The summed E-state index contributed by atoms with van der Waals surface area (Å²) in [4.78, 5) is 27.2. The number of carbonyl (C=O) groups excluding carboxylic acids is 1. The van der Waals surface area contributed by atoms with Crippen LogP contribution in [0.2, 0.25) is 0 Å². The maximum absolute atomic E-state index is 12.5. The first-order valence-electron chi connectivity index (χ1n) is 9.83. The van der Waals surface area contributed by atoms with Gasteiger partial charge in [-0.15, -0.1) is 11.3 Å². The van der Waals surface area contributed by atoms with Crippen LogP contribution in [0.3, 0.4) is 0 Å². The van der Waals surface area contributed by atoms with Gasteiger partial charge in [-0.2, -0.15) is 0 Å². The number of thiazole rings is 1. The van der Waals surface area contributed by atoms with Gasteiger partial charge in [0.05, 0.1) is 10.6 Å². The summed E-state index contributed by atoms with van der Waals surface area (Å²) < 4.78 is 5.77. The van der Waals surface area contributed by atoms with Crippen molar-refractivity contribution in [3.63, 3.8) is 0 Å². The third-order valence-corrected chi connectivity index (χ3v) is 5.51. The molecule has 0 unspecified atom stereocenters. The number of rotatable bonds is 7. The topological polar surface area (TPSA) is 94.4 Å². The summed E-state index contributed by atoms with van der Waals surface area (Å²) in [5.74, 6) is 0.278. The number of benzene rings is 3. The molecule has 0 spiro atoms. The fourth-order valence-corrected chi connectivity index (χ4v) is 3.76. The van der Waals surface area contributed by atoms with Crippen molar-refractivity contribution in [2.45, 2.75) is 13.0 Å². The summed E-state index contributed by atoms with van der Waals surface area (Å²) in [7, 11) is 0. The number of nitrogens with one attached hydrogen (secondary N) is 1. The highest BCUT2D eigenvalue weighted by Gasteiger charge is 2.17. The Morgan fingerprint density at radius 3 is 2.25 bits per heavy atom. The summed E-state index contributed by atoms with van der Waals surface area (Å²) in [5, 5.41) is 15.7. The minimum Gasteiger partial charge on any atom is -0.481 e. The number of ether oxygens (including phenoxy) is 1. The van der Waals surface area contributed by atoms with Gasteiger partial charge in [0.15, 0.2) is 11.2 Å². The maximum atomic E-state index is 12.5. The molecular formula is C24H19N3O4S. The fraction of sp³-hybridized carbons (Fsp3) is 0.0833. The van der Waals surface area contributed by atoms with Crippen molar-refractivity contribution < 1.29 is 14.5 Å². The van der Waals surface area contributed by atoms with Crippen molar-refractivity contribution >= 4 is 28.1 Å². The molecule has 0 radical (unpaired) electrons. The van der Waals surface area contributed by atoms with Crippen LogP contribution in [0.4, 0.5) is 10.8 Å². The van der Waals surface area contributed by atoms with E-state index < -0.39 is 11.0 Å². The van der Waals surface area contributed by atoms with Crippen LogP contribution in [0.15, 0.2) is 84.2 Å². The molecule has 1 heterocycles. The van der Waals surface area contributed by atoms with Crippen molar-refractivity contribution in [1.29, 1.82) is 0 Å². The molecule has 7 nitrogen and oxygen atoms in total. The Hall–Kier alpha value is -4.04. The lowest BCUT2D eigenvalue weighted by molar-refractivity contribution is -0.384. The van der Waals surface area contributed by atoms with Gasteiger partial charge in [0.25, 0.3) is 11.6 Å². The molecule has 32 heavy (non-hydrogen) atoms. The predicted molar refractivity (Wildman–Crippen MR) is 125 cm³/mol. The maximum Gasteiger partial charge on any atom is 0.269 e. The minimum atomic E-state index is -0.718. The van der Waals surface area contributed by atoms with E-state index in [1.165, 1.54) is 23.5 Å². The zero-order valence-electron chi connectivity index (χ0n) is 17.1. The lowest BCUT2D eigenvalue weighted by atomic mass is 10.1. The number of amides is 1. The van der Waals surface area contributed by atoms with Crippen LogP contribution in [-0.4, -0.2) is 21.9 Å². The summed E-state index contributed by atoms with van der Waals surface area (Å²) in [6, 6.07) is 23.7. The van der Waals surface area contributed by atoms with Gasteiger partial charge >= 0.3 is 0 Å². The van der Waals surface area contributed by atoms with Crippen molar-refractivity contribution in [2.24, 2.45) is 0 Å². The Bertz CT molecular complexity index is 1220. The van der Waals surface area contributed by atoms with Crippen molar-refractivity contribution in [3.05, 3.63) is 94.4 Å². The highest BCUT2D eigenvalue weighted by Crippen LogP contribution is 2.27. The summed E-state index contributed by atoms with van der Waals surface area (Å²) in [5.41, 5.74) is 3.55. The Kier molecular flexibility index (Phi) is 6.23. The zero-order valence-corrected chi connectivity index (χ0v) is 17.9. The van der Waals surface area contributed by atoms with Crippen LogP contribution in [0.1, 0.15) is 6.92 Å². The Balaban J connectivity index is 1.36. The van der Waals surface area contributed by atoms with Gasteiger partial charge in [-0.3, -0.25) is 20.2 Å². The largest absolute Gasteiger partial charge is 0.481 e. The monoisotopic (exact) mass is 445 g/mol. The number of aromatic nitrogens is 1. The zero-order chi connectivity index (χ0) is 22.5. The minimum absolute atomic E-state index is 0.0141. The number of non-ortho nitro benzene ring substituents is 1. The van der Waals surface area contributed by atoms with Crippen LogP contribution >= 0.6 is 11.3 Å².